The number of rotatable bonds is 3. The summed E-state index contributed by atoms with van der Waals surface area (Å²) in [6.07, 6.45) is 0.601. The predicted octanol–water partition coefficient (Wildman–Crippen LogP) is 0.922. The molecule has 1 aliphatic rings. The molecule has 0 radical (unpaired) electrons. The van der Waals surface area contributed by atoms with E-state index in [0.717, 1.165) is 5.56 Å². The second-order valence-electron chi connectivity index (χ2n) is 3.87. The topological polar surface area (TPSA) is 69.6 Å². The van der Waals surface area contributed by atoms with Gasteiger partial charge in [0.2, 0.25) is 0 Å². The van der Waals surface area contributed by atoms with Gasteiger partial charge in [-0.15, -0.1) is 0 Å². The fraction of sp³-hybridized carbons (Fsp3) is 0.364. The molecule has 0 heterocycles. The predicted molar refractivity (Wildman–Crippen MR) is 54.9 cm³/mol. The highest BCUT2D eigenvalue weighted by Gasteiger charge is 2.60. The Labute approximate surface area is 87.6 Å². The molecule has 4 nitrogen and oxygen atoms in total. The normalized spacial score (nSPS) is 28.7. The maximum atomic E-state index is 11.1. The van der Waals surface area contributed by atoms with Crippen LogP contribution in [0.3, 0.4) is 0 Å². The van der Waals surface area contributed by atoms with Crippen LogP contribution < -0.4 is 5.32 Å². The van der Waals surface area contributed by atoms with E-state index in [9.17, 15) is 4.79 Å². The van der Waals surface area contributed by atoms with E-state index >= 15 is 0 Å². The molecule has 0 aromatic heterocycles. The lowest BCUT2D eigenvalue weighted by Crippen LogP contribution is -2.38. The number of aromatic hydroxyl groups is 1. The quantitative estimate of drug-likeness (QED) is 0.689. The minimum absolute atomic E-state index is 0.000556. The Kier molecular flexibility index (Phi) is 2.16. The van der Waals surface area contributed by atoms with Gasteiger partial charge in [0.05, 0.1) is 0 Å². The van der Waals surface area contributed by atoms with Crippen LogP contribution in [0.5, 0.6) is 5.75 Å². The second-order valence-corrected chi connectivity index (χ2v) is 3.87. The van der Waals surface area contributed by atoms with Gasteiger partial charge in [0.15, 0.2) is 0 Å². The van der Waals surface area contributed by atoms with Gasteiger partial charge >= 0.3 is 5.97 Å². The summed E-state index contributed by atoms with van der Waals surface area (Å²) in [6, 6.07) is 6.69. The molecule has 15 heavy (non-hydrogen) atoms. The van der Waals surface area contributed by atoms with E-state index in [1.807, 2.05) is 0 Å². The van der Waals surface area contributed by atoms with Gasteiger partial charge in [0.25, 0.3) is 0 Å². The number of aliphatic carboxylic acids is 1. The Hall–Kier alpha value is -1.55. The second kappa shape index (κ2) is 3.24. The highest BCUT2D eigenvalue weighted by atomic mass is 16.4. The summed E-state index contributed by atoms with van der Waals surface area (Å²) in [5.41, 5.74) is 0.140. The number of phenolic OH excluding ortho intramolecular Hbond substituents is 1. The number of carboxylic acid groups (broad SMARTS) is 1. The number of carboxylic acids is 1. The van der Waals surface area contributed by atoms with Crippen LogP contribution in [0.4, 0.5) is 0 Å². The highest BCUT2D eigenvalue weighted by Crippen LogP contribution is 2.51. The maximum absolute atomic E-state index is 11.1. The molecule has 0 saturated heterocycles. The summed E-state index contributed by atoms with van der Waals surface area (Å²) < 4.78 is 0. The first-order valence-corrected chi connectivity index (χ1v) is 4.81. The number of phenols is 1. The van der Waals surface area contributed by atoms with E-state index in [-0.39, 0.29) is 11.7 Å². The molecule has 80 valence electrons. The van der Waals surface area contributed by atoms with E-state index in [4.69, 9.17) is 10.2 Å². The third-order valence-electron chi connectivity index (χ3n) is 3.08. The fourth-order valence-electron chi connectivity index (χ4n) is 1.99. The van der Waals surface area contributed by atoms with Crippen molar-refractivity contribution in [3.05, 3.63) is 29.8 Å². The smallest absolute Gasteiger partial charge is 0.324 e. The summed E-state index contributed by atoms with van der Waals surface area (Å²) in [4.78, 5) is 11.1. The van der Waals surface area contributed by atoms with Gasteiger partial charge in [-0.1, -0.05) is 12.1 Å². The molecule has 0 aliphatic heterocycles. The summed E-state index contributed by atoms with van der Waals surface area (Å²) >= 11 is 0. The standard InChI is InChI=1S/C11H13NO3/c1-12-11(10(14)15)6-9(11)7-2-4-8(13)5-3-7/h2-5,9,12-13H,6H2,1H3,(H,14,15)/t9-,11?/m0/s1. The van der Waals surface area contributed by atoms with Crippen molar-refractivity contribution in [2.75, 3.05) is 7.05 Å². The SMILES string of the molecule is CNC1(C(=O)O)C[C@H]1c1ccc(O)cc1. The van der Waals surface area contributed by atoms with Crippen LogP contribution in [0.2, 0.25) is 0 Å². The molecule has 1 aromatic rings. The minimum atomic E-state index is -0.817. The van der Waals surface area contributed by atoms with Crippen LogP contribution in [0.25, 0.3) is 0 Å². The Balaban J connectivity index is 2.22. The molecular formula is C11H13NO3. The molecule has 2 atom stereocenters. The number of likely N-dealkylation sites (N-methyl/N-ethyl adjacent to an activating group) is 1. The summed E-state index contributed by atoms with van der Waals surface area (Å²) in [7, 11) is 1.66. The van der Waals surface area contributed by atoms with Crippen molar-refractivity contribution in [1.82, 2.24) is 5.32 Å². The van der Waals surface area contributed by atoms with Gasteiger partial charge in [-0.25, -0.2) is 0 Å². The zero-order valence-electron chi connectivity index (χ0n) is 8.40. The first-order valence-electron chi connectivity index (χ1n) is 4.81. The molecule has 2 rings (SSSR count). The molecule has 0 amide bonds. The van der Waals surface area contributed by atoms with E-state index < -0.39 is 11.5 Å². The van der Waals surface area contributed by atoms with Crippen molar-refractivity contribution in [3.8, 4) is 5.75 Å². The summed E-state index contributed by atoms with van der Waals surface area (Å²) in [5, 5.41) is 21.1. The lowest BCUT2D eigenvalue weighted by molar-refractivity contribution is -0.140. The van der Waals surface area contributed by atoms with E-state index in [1.165, 1.54) is 0 Å². The van der Waals surface area contributed by atoms with Crippen LogP contribution in [-0.4, -0.2) is 28.8 Å². The Morgan fingerprint density at radius 3 is 2.47 bits per heavy atom. The molecule has 0 bridgehead atoms. The van der Waals surface area contributed by atoms with Crippen LogP contribution >= 0.6 is 0 Å². The molecule has 1 fully saturated rings. The average molecular weight is 207 g/mol. The molecule has 1 unspecified atom stereocenters. The Morgan fingerprint density at radius 2 is 2.07 bits per heavy atom. The van der Waals surface area contributed by atoms with Gasteiger partial charge in [0, 0.05) is 5.92 Å². The van der Waals surface area contributed by atoms with Crippen LogP contribution in [0, 0.1) is 0 Å². The average Bonchev–Trinajstić information content (AvgIpc) is 2.95. The summed E-state index contributed by atoms with van der Waals surface area (Å²) in [5.74, 6) is -0.617. The van der Waals surface area contributed by atoms with Crippen molar-refractivity contribution in [2.45, 2.75) is 17.9 Å². The van der Waals surface area contributed by atoms with Crippen LogP contribution in [0.1, 0.15) is 17.9 Å². The lowest BCUT2D eigenvalue weighted by Gasteiger charge is -2.10. The number of benzene rings is 1. The first kappa shape index (κ1) is 9.98. The number of nitrogens with one attached hydrogen (secondary N) is 1. The van der Waals surface area contributed by atoms with Gasteiger partial charge < -0.3 is 15.5 Å². The Bertz CT molecular complexity index is 387. The van der Waals surface area contributed by atoms with Crippen molar-refractivity contribution in [2.24, 2.45) is 0 Å². The minimum Gasteiger partial charge on any atom is -0.508 e. The monoisotopic (exact) mass is 207 g/mol. The van der Waals surface area contributed by atoms with Gasteiger partial charge in [-0.3, -0.25) is 4.79 Å². The number of hydrogen-bond acceptors (Lipinski definition) is 3. The number of carbonyl (C=O) groups is 1. The lowest BCUT2D eigenvalue weighted by atomic mass is 10.1. The van der Waals surface area contributed by atoms with Crippen LogP contribution in [-0.2, 0) is 4.79 Å². The van der Waals surface area contributed by atoms with Crippen molar-refractivity contribution in [1.29, 1.82) is 0 Å². The maximum Gasteiger partial charge on any atom is 0.324 e. The third kappa shape index (κ3) is 1.47. The molecule has 0 spiro atoms. The zero-order valence-corrected chi connectivity index (χ0v) is 8.40. The molecule has 1 saturated carbocycles. The zero-order chi connectivity index (χ0) is 11.1. The van der Waals surface area contributed by atoms with Crippen molar-refractivity contribution in [3.63, 3.8) is 0 Å². The van der Waals surface area contributed by atoms with E-state index in [1.54, 1.807) is 31.3 Å². The van der Waals surface area contributed by atoms with E-state index in [2.05, 4.69) is 5.32 Å². The largest absolute Gasteiger partial charge is 0.508 e. The summed E-state index contributed by atoms with van der Waals surface area (Å²) in [6.45, 7) is 0. The molecular weight excluding hydrogens is 194 g/mol. The molecule has 1 aliphatic carbocycles. The van der Waals surface area contributed by atoms with Gasteiger partial charge in [-0.2, -0.15) is 0 Å². The van der Waals surface area contributed by atoms with Crippen LogP contribution in [0.15, 0.2) is 24.3 Å². The third-order valence-corrected chi connectivity index (χ3v) is 3.08. The van der Waals surface area contributed by atoms with Gasteiger partial charge in [-0.05, 0) is 31.2 Å². The van der Waals surface area contributed by atoms with Crippen molar-refractivity contribution >= 4 is 5.97 Å². The Morgan fingerprint density at radius 1 is 1.47 bits per heavy atom. The van der Waals surface area contributed by atoms with Crippen molar-refractivity contribution < 1.29 is 15.0 Å². The molecule has 1 aromatic carbocycles. The highest BCUT2D eigenvalue weighted by molar-refractivity contribution is 5.85. The fourth-order valence-corrected chi connectivity index (χ4v) is 1.99. The molecule has 3 N–H and O–H groups in total. The first-order chi connectivity index (χ1) is 7.10. The number of hydrogen-bond donors (Lipinski definition) is 3. The molecule has 4 heteroatoms. The van der Waals surface area contributed by atoms with Gasteiger partial charge in [0.1, 0.15) is 11.3 Å². The van der Waals surface area contributed by atoms with E-state index in [0.29, 0.717) is 6.42 Å².